The van der Waals surface area contributed by atoms with E-state index in [1.807, 2.05) is 23.6 Å². The number of carbonyl (C=O) groups is 1. The van der Waals surface area contributed by atoms with Gasteiger partial charge in [0.05, 0.1) is 17.9 Å². The fourth-order valence-electron chi connectivity index (χ4n) is 2.85. The second-order valence-corrected chi connectivity index (χ2v) is 6.26. The molecule has 1 N–H and O–H groups in total. The van der Waals surface area contributed by atoms with E-state index in [9.17, 15) is 4.79 Å². The summed E-state index contributed by atoms with van der Waals surface area (Å²) < 4.78 is 2.14. The minimum Gasteiger partial charge on any atom is -0.354 e. The number of nitrogens with zero attached hydrogens (tertiary/aromatic N) is 3. The summed E-state index contributed by atoms with van der Waals surface area (Å²) in [7, 11) is 0. The summed E-state index contributed by atoms with van der Waals surface area (Å²) in [5.74, 6) is 0.0959. The van der Waals surface area contributed by atoms with Gasteiger partial charge in [0.1, 0.15) is 0 Å². The molecule has 0 radical (unpaired) electrons. The number of hydrogen-bond acceptors (Lipinski definition) is 4. The Bertz CT molecular complexity index is 808. The topological polar surface area (TPSA) is 49.6 Å². The van der Waals surface area contributed by atoms with Gasteiger partial charge in [0, 0.05) is 36.8 Å². The van der Waals surface area contributed by atoms with E-state index in [4.69, 9.17) is 4.98 Å². The first-order valence-electron chi connectivity index (χ1n) is 7.30. The van der Waals surface area contributed by atoms with Crippen LogP contribution in [0.4, 0.5) is 0 Å². The lowest BCUT2D eigenvalue weighted by Gasteiger charge is -2.26. The fourth-order valence-corrected chi connectivity index (χ4v) is 3.58. The number of thiazole rings is 1. The summed E-state index contributed by atoms with van der Waals surface area (Å²) in [4.78, 5) is 19.5. The van der Waals surface area contributed by atoms with Crippen molar-refractivity contribution < 1.29 is 4.79 Å². The third kappa shape index (κ3) is 2.40. The molecule has 0 aliphatic carbocycles. The molecular formula is C16H16N4OS. The first kappa shape index (κ1) is 13.5. The molecular weight excluding hydrogens is 296 g/mol. The summed E-state index contributed by atoms with van der Waals surface area (Å²) in [5.41, 5.74) is 3.28. The zero-order chi connectivity index (χ0) is 14.9. The number of hydrogen-bond donors (Lipinski definition) is 1. The average molecular weight is 312 g/mol. The maximum atomic E-state index is 11.6. The molecule has 1 saturated heterocycles. The quantitative estimate of drug-likeness (QED) is 0.805. The van der Waals surface area contributed by atoms with Crippen LogP contribution in [-0.2, 0) is 11.3 Å². The van der Waals surface area contributed by atoms with E-state index in [2.05, 4.69) is 32.9 Å². The zero-order valence-electron chi connectivity index (χ0n) is 12.0. The minimum atomic E-state index is 0.0959. The Morgan fingerprint density at radius 3 is 2.95 bits per heavy atom. The lowest BCUT2D eigenvalue weighted by atomic mass is 10.1. The molecule has 5 nitrogen and oxygen atoms in total. The summed E-state index contributed by atoms with van der Waals surface area (Å²) in [6, 6.07) is 10.2. The Kier molecular flexibility index (Phi) is 3.40. The number of carbonyl (C=O) groups excluding carboxylic acids is 1. The molecule has 3 aromatic rings. The van der Waals surface area contributed by atoms with Crippen LogP contribution in [-0.4, -0.2) is 39.8 Å². The van der Waals surface area contributed by atoms with Gasteiger partial charge in [-0.2, -0.15) is 0 Å². The van der Waals surface area contributed by atoms with Gasteiger partial charge >= 0.3 is 0 Å². The van der Waals surface area contributed by atoms with Crippen LogP contribution in [0, 0.1) is 0 Å². The van der Waals surface area contributed by atoms with Gasteiger partial charge in [-0.1, -0.05) is 30.3 Å². The van der Waals surface area contributed by atoms with Crippen LogP contribution in [0.15, 0.2) is 41.9 Å². The lowest BCUT2D eigenvalue weighted by molar-refractivity contribution is -0.124. The van der Waals surface area contributed by atoms with Gasteiger partial charge in [0.15, 0.2) is 4.96 Å². The van der Waals surface area contributed by atoms with E-state index in [0.717, 1.165) is 35.0 Å². The van der Waals surface area contributed by atoms with Gasteiger partial charge in [0.2, 0.25) is 5.91 Å². The van der Waals surface area contributed by atoms with Crippen LogP contribution >= 0.6 is 11.3 Å². The van der Waals surface area contributed by atoms with Crippen LogP contribution in [0.5, 0.6) is 0 Å². The van der Waals surface area contributed by atoms with E-state index >= 15 is 0 Å². The predicted octanol–water partition coefficient (Wildman–Crippen LogP) is 1.99. The molecule has 1 aliphatic rings. The predicted molar refractivity (Wildman–Crippen MR) is 86.8 cm³/mol. The van der Waals surface area contributed by atoms with Gasteiger partial charge in [-0.3, -0.25) is 14.1 Å². The molecule has 4 rings (SSSR count). The molecule has 0 atom stereocenters. The number of rotatable bonds is 3. The molecule has 3 heterocycles. The highest BCUT2D eigenvalue weighted by atomic mass is 32.1. The van der Waals surface area contributed by atoms with E-state index in [-0.39, 0.29) is 5.91 Å². The SMILES string of the molecule is O=C1CN(Cc2c(-c3ccccc3)nc3sccn23)CCN1. The van der Waals surface area contributed by atoms with Crippen molar-refractivity contribution in [2.24, 2.45) is 0 Å². The third-order valence-corrected chi connectivity index (χ3v) is 4.66. The number of benzene rings is 1. The van der Waals surface area contributed by atoms with Crippen molar-refractivity contribution in [1.82, 2.24) is 19.6 Å². The highest BCUT2D eigenvalue weighted by molar-refractivity contribution is 7.15. The highest BCUT2D eigenvalue weighted by Crippen LogP contribution is 2.27. The molecule has 1 aliphatic heterocycles. The van der Waals surface area contributed by atoms with Crippen LogP contribution in [0.25, 0.3) is 16.2 Å². The molecule has 0 unspecified atom stereocenters. The monoisotopic (exact) mass is 312 g/mol. The highest BCUT2D eigenvalue weighted by Gasteiger charge is 2.21. The summed E-state index contributed by atoms with van der Waals surface area (Å²) >= 11 is 1.63. The number of imidazole rings is 1. The Morgan fingerprint density at radius 2 is 2.14 bits per heavy atom. The normalized spacial score (nSPS) is 16.1. The molecule has 2 aromatic heterocycles. The molecule has 1 amide bonds. The second-order valence-electron chi connectivity index (χ2n) is 5.39. The average Bonchev–Trinajstić information content (AvgIpc) is 3.11. The van der Waals surface area contributed by atoms with Crippen molar-refractivity contribution in [3.8, 4) is 11.3 Å². The van der Waals surface area contributed by atoms with Crippen LogP contribution in [0.1, 0.15) is 5.69 Å². The van der Waals surface area contributed by atoms with Gasteiger partial charge in [-0.15, -0.1) is 11.3 Å². The molecule has 1 fully saturated rings. The number of nitrogens with one attached hydrogen (secondary N) is 1. The lowest BCUT2D eigenvalue weighted by Crippen LogP contribution is -2.47. The van der Waals surface area contributed by atoms with Crippen molar-refractivity contribution in [1.29, 1.82) is 0 Å². The maximum absolute atomic E-state index is 11.6. The fraction of sp³-hybridized carbons (Fsp3) is 0.250. The zero-order valence-corrected chi connectivity index (χ0v) is 12.8. The first-order valence-corrected chi connectivity index (χ1v) is 8.18. The smallest absolute Gasteiger partial charge is 0.234 e. The number of amides is 1. The molecule has 0 saturated carbocycles. The van der Waals surface area contributed by atoms with Crippen molar-refractivity contribution in [2.75, 3.05) is 19.6 Å². The minimum absolute atomic E-state index is 0.0959. The third-order valence-electron chi connectivity index (χ3n) is 3.90. The summed E-state index contributed by atoms with van der Waals surface area (Å²) in [5, 5.41) is 4.91. The number of fused-ring (bicyclic) bond motifs is 1. The standard InChI is InChI=1S/C16H16N4OS/c21-14-11-19(7-6-17-14)10-13-15(12-4-2-1-3-5-12)18-16-20(13)8-9-22-16/h1-5,8-9H,6-7,10-11H2,(H,17,21). The summed E-state index contributed by atoms with van der Waals surface area (Å²) in [6.07, 6.45) is 2.05. The molecule has 0 bridgehead atoms. The van der Waals surface area contributed by atoms with E-state index in [1.54, 1.807) is 11.3 Å². The molecule has 1 aromatic carbocycles. The van der Waals surface area contributed by atoms with Crippen molar-refractivity contribution in [2.45, 2.75) is 6.54 Å². The van der Waals surface area contributed by atoms with E-state index in [1.165, 1.54) is 0 Å². The largest absolute Gasteiger partial charge is 0.354 e. The Labute approximate surface area is 132 Å². The number of aromatic nitrogens is 2. The Hall–Kier alpha value is -2.18. The molecule has 22 heavy (non-hydrogen) atoms. The van der Waals surface area contributed by atoms with Gasteiger partial charge in [-0.05, 0) is 0 Å². The first-order chi connectivity index (χ1) is 10.8. The van der Waals surface area contributed by atoms with Crippen molar-refractivity contribution in [3.63, 3.8) is 0 Å². The van der Waals surface area contributed by atoms with E-state index < -0.39 is 0 Å². The van der Waals surface area contributed by atoms with Gasteiger partial charge in [0.25, 0.3) is 0 Å². The second kappa shape index (κ2) is 5.55. The van der Waals surface area contributed by atoms with Crippen LogP contribution < -0.4 is 5.32 Å². The van der Waals surface area contributed by atoms with Crippen LogP contribution in [0.2, 0.25) is 0 Å². The van der Waals surface area contributed by atoms with Crippen molar-refractivity contribution >= 4 is 22.2 Å². The Morgan fingerprint density at radius 1 is 1.27 bits per heavy atom. The van der Waals surface area contributed by atoms with Gasteiger partial charge in [-0.25, -0.2) is 4.98 Å². The Balaban J connectivity index is 1.74. The van der Waals surface area contributed by atoms with E-state index in [0.29, 0.717) is 13.1 Å². The molecule has 0 spiro atoms. The van der Waals surface area contributed by atoms with Gasteiger partial charge < -0.3 is 5.32 Å². The maximum Gasteiger partial charge on any atom is 0.234 e. The molecule has 112 valence electrons. The molecule has 6 heteroatoms. The summed E-state index contributed by atoms with van der Waals surface area (Å²) in [6.45, 7) is 2.77. The van der Waals surface area contributed by atoms with Crippen LogP contribution in [0.3, 0.4) is 0 Å². The number of piperazine rings is 1. The van der Waals surface area contributed by atoms with Crippen molar-refractivity contribution in [3.05, 3.63) is 47.6 Å².